The number of esters is 1. The molecule has 0 fully saturated rings. The van der Waals surface area contributed by atoms with Crippen LogP contribution in [0.15, 0.2) is 48.5 Å². The second-order valence-electron chi connectivity index (χ2n) is 7.36. The number of aliphatic hydroxyl groups is 2. The third-order valence-electron chi connectivity index (χ3n) is 4.77. The van der Waals surface area contributed by atoms with Gasteiger partial charge in [-0.15, -0.1) is 0 Å². The molecule has 0 unspecified atom stereocenters. The molecule has 0 heterocycles. The van der Waals surface area contributed by atoms with Crippen LogP contribution in [0.5, 0.6) is 17.2 Å². The van der Waals surface area contributed by atoms with Crippen LogP contribution in [0.4, 0.5) is 0 Å². The van der Waals surface area contributed by atoms with E-state index in [0.29, 0.717) is 24.5 Å². The zero-order chi connectivity index (χ0) is 22.2. The summed E-state index contributed by atoms with van der Waals surface area (Å²) in [6.07, 6.45) is 7.62. The number of rotatable bonds is 16. The van der Waals surface area contributed by atoms with E-state index in [-0.39, 0.29) is 13.2 Å². The number of carbonyl (C=O) groups excluding carboxylic acids is 1. The Bertz CT molecular complexity index is 727. The van der Waals surface area contributed by atoms with Crippen molar-refractivity contribution < 1.29 is 29.2 Å². The van der Waals surface area contributed by atoms with Gasteiger partial charge in [-0.05, 0) is 87.1 Å². The average molecular weight is 431 g/mol. The predicted octanol–water partition coefficient (Wildman–Crippen LogP) is 4.77. The lowest BCUT2D eigenvalue weighted by Crippen LogP contribution is -2.08. The molecule has 0 saturated carbocycles. The summed E-state index contributed by atoms with van der Waals surface area (Å²) in [5.74, 6) is 1.49. The van der Waals surface area contributed by atoms with Gasteiger partial charge in [0.25, 0.3) is 0 Å². The number of carbonyl (C=O) groups is 1. The van der Waals surface area contributed by atoms with Gasteiger partial charge in [-0.1, -0.05) is 12.8 Å². The summed E-state index contributed by atoms with van der Waals surface area (Å²) in [5, 5.41) is 17.5. The molecule has 170 valence electrons. The first kappa shape index (κ1) is 24.7. The Labute approximate surface area is 184 Å². The van der Waals surface area contributed by atoms with Crippen molar-refractivity contribution in [3.8, 4) is 17.2 Å². The molecule has 2 N–H and O–H groups in total. The van der Waals surface area contributed by atoms with Gasteiger partial charge in [0.2, 0.25) is 0 Å². The highest BCUT2D eigenvalue weighted by atomic mass is 16.5. The summed E-state index contributed by atoms with van der Waals surface area (Å²) in [7, 11) is 0. The molecule has 0 atom stereocenters. The molecule has 2 aromatic carbocycles. The maximum atomic E-state index is 12.3. The molecule has 0 aliphatic rings. The molecule has 0 spiro atoms. The molecule has 0 bridgehead atoms. The van der Waals surface area contributed by atoms with E-state index in [2.05, 4.69) is 0 Å². The van der Waals surface area contributed by atoms with Crippen LogP contribution in [-0.4, -0.2) is 42.6 Å². The van der Waals surface area contributed by atoms with E-state index >= 15 is 0 Å². The van der Waals surface area contributed by atoms with Gasteiger partial charge in [0, 0.05) is 13.2 Å². The Morgan fingerprint density at radius 1 is 0.581 bits per heavy atom. The Hall–Kier alpha value is -2.57. The first-order valence-electron chi connectivity index (χ1n) is 11.1. The fourth-order valence-corrected chi connectivity index (χ4v) is 2.97. The molecule has 6 nitrogen and oxygen atoms in total. The summed E-state index contributed by atoms with van der Waals surface area (Å²) in [5.41, 5.74) is 0.457. The lowest BCUT2D eigenvalue weighted by molar-refractivity contribution is 0.0734. The molecule has 2 rings (SSSR count). The number of hydrogen-bond acceptors (Lipinski definition) is 6. The summed E-state index contributed by atoms with van der Waals surface area (Å²) in [6, 6.07) is 13.9. The summed E-state index contributed by atoms with van der Waals surface area (Å²) in [6.45, 7) is 1.72. The van der Waals surface area contributed by atoms with Crippen molar-refractivity contribution in [2.75, 3.05) is 26.4 Å². The van der Waals surface area contributed by atoms with E-state index in [9.17, 15) is 4.79 Å². The quantitative estimate of drug-likeness (QED) is 0.227. The van der Waals surface area contributed by atoms with Gasteiger partial charge >= 0.3 is 5.97 Å². The average Bonchev–Trinajstić information content (AvgIpc) is 2.80. The van der Waals surface area contributed by atoms with E-state index < -0.39 is 5.97 Å². The fraction of sp³-hybridized carbons (Fsp3) is 0.480. The predicted molar refractivity (Wildman–Crippen MR) is 120 cm³/mol. The molecule has 0 aliphatic heterocycles. The molecule has 2 aromatic rings. The van der Waals surface area contributed by atoms with Crippen LogP contribution in [0.1, 0.15) is 61.7 Å². The highest BCUT2D eigenvalue weighted by Gasteiger charge is 2.09. The lowest BCUT2D eigenvalue weighted by Gasteiger charge is -2.09. The molecule has 0 saturated heterocycles. The van der Waals surface area contributed by atoms with E-state index in [1.807, 2.05) is 0 Å². The maximum Gasteiger partial charge on any atom is 0.343 e. The highest BCUT2D eigenvalue weighted by molar-refractivity contribution is 5.91. The van der Waals surface area contributed by atoms with Crippen LogP contribution >= 0.6 is 0 Å². The van der Waals surface area contributed by atoms with Crippen LogP contribution in [0, 0.1) is 0 Å². The van der Waals surface area contributed by atoms with E-state index in [4.69, 9.17) is 24.4 Å². The van der Waals surface area contributed by atoms with Crippen molar-refractivity contribution in [1.82, 2.24) is 0 Å². The number of unbranched alkanes of at least 4 members (excludes halogenated alkanes) is 6. The van der Waals surface area contributed by atoms with Gasteiger partial charge in [-0.2, -0.15) is 0 Å². The number of hydrogen-bond donors (Lipinski definition) is 2. The smallest absolute Gasteiger partial charge is 0.343 e. The third-order valence-corrected chi connectivity index (χ3v) is 4.77. The summed E-state index contributed by atoms with van der Waals surface area (Å²) in [4.78, 5) is 12.3. The van der Waals surface area contributed by atoms with Crippen molar-refractivity contribution in [2.24, 2.45) is 0 Å². The van der Waals surface area contributed by atoms with Crippen LogP contribution in [0.25, 0.3) is 0 Å². The SMILES string of the molecule is O=C(Oc1ccc(OCCCCCCO)cc1)c1ccc(OCCCCCCO)cc1. The van der Waals surface area contributed by atoms with Gasteiger partial charge in [0.05, 0.1) is 18.8 Å². The number of aliphatic hydroxyl groups excluding tert-OH is 2. The molecular weight excluding hydrogens is 396 g/mol. The minimum Gasteiger partial charge on any atom is -0.494 e. The van der Waals surface area contributed by atoms with Crippen LogP contribution in [-0.2, 0) is 0 Å². The van der Waals surface area contributed by atoms with Crippen molar-refractivity contribution in [3.05, 3.63) is 54.1 Å². The molecule has 6 heteroatoms. The Morgan fingerprint density at radius 2 is 1.00 bits per heavy atom. The van der Waals surface area contributed by atoms with Crippen molar-refractivity contribution in [1.29, 1.82) is 0 Å². The molecule has 0 radical (unpaired) electrons. The number of benzene rings is 2. The van der Waals surface area contributed by atoms with Crippen LogP contribution in [0.3, 0.4) is 0 Å². The maximum absolute atomic E-state index is 12.3. The molecule has 0 amide bonds. The van der Waals surface area contributed by atoms with Crippen LogP contribution in [0.2, 0.25) is 0 Å². The van der Waals surface area contributed by atoms with Gasteiger partial charge < -0.3 is 24.4 Å². The van der Waals surface area contributed by atoms with Gasteiger partial charge in [0.1, 0.15) is 17.2 Å². The van der Waals surface area contributed by atoms with E-state index in [0.717, 1.165) is 62.9 Å². The van der Waals surface area contributed by atoms with Crippen LogP contribution < -0.4 is 14.2 Å². The standard InChI is InChI=1S/C25H34O6/c26-17-5-1-3-7-19-29-22-11-9-21(10-12-22)25(28)31-24-15-13-23(14-16-24)30-20-8-4-2-6-18-27/h9-16,26-27H,1-8,17-20H2. The zero-order valence-electron chi connectivity index (χ0n) is 18.1. The Balaban J connectivity index is 1.69. The molecule has 0 aliphatic carbocycles. The first-order chi connectivity index (χ1) is 15.2. The summed E-state index contributed by atoms with van der Waals surface area (Å²) >= 11 is 0. The van der Waals surface area contributed by atoms with Crippen molar-refractivity contribution in [3.63, 3.8) is 0 Å². The van der Waals surface area contributed by atoms with Crippen molar-refractivity contribution in [2.45, 2.75) is 51.4 Å². The normalized spacial score (nSPS) is 10.6. The largest absolute Gasteiger partial charge is 0.494 e. The van der Waals surface area contributed by atoms with Gasteiger partial charge in [0.15, 0.2) is 0 Å². The lowest BCUT2D eigenvalue weighted by atomic mass is 10.2. The monoisotopic (exact) mass is 430 g/mol. The third kappa shape index (κ3) is 10.3. The van der Waals surface area contributed by atoms with E-state index in [1.165, 1.54) is 0 Å². The second-order valence-corrected chi connectivity index (χ2v) is 7.36. The topological polar surface area (TPSA) is 85.2 Å². The molecule has 0 aromatic heterocycles. The minimum atomic E-state index is -0.423. The van der Waals surface area contributed by atoms with Crippen molar-refractivity contribution >= 4 is 5.97 Å². The first-order valence-corrected chi connectivity index (χ1v) is 11.1. The minimum absolute atomic E-state index is 0.239. The zero-order valence-corrected chi connectivity index (χ0v) is 18.1. The fourth-order valence-electron chi connectivity index (χ4n) is 2.97. The summed E-state index contributed by atoms with van der Waals surface area (Å²) < 4.78 is 16.8. The van der Waals surface area contributed by atoms with Gasteiger partial charge in [-0.3, -0.25) is 0 Å². The molecule has 31 heavy (non-hydrogen) atoms. The van der Waals surface area contributed by atoms with E-state index in [1.54, 1.807) is 48.5 Å². The second kappa shape index (κ2) is 15.3. The highest BCUT2D eigenvalue weighted by Crippen LogP contribution is 2.20. The molecular formula is C25H34O6. The number of ether oxygens (including phenoxy) is 3. The Morgan fingerprint density at radius 3 is 1.48 bits per heavy atom. The Kier molecular flexibility index (Phi) is 12.2. The van der Waals surface area contributed by atoms with Gasteiger partial charge in [-0.25, -0.2) is 4.79 Å².